The minimum absolute atomic E-state index is 0.0435. The van der Waals surface area contributed by atoms with Gasteiger partial charge in [-0.3, -0.25) is 9.52 Å². The van der Waals surface area contributed by atoms with E-state index >= 15 is 0 Å². The number of sulfonamides is 1. The molecule has 1 amide bonds. The summed E-state index contributed by atoms with van der Waals surface area (Å²) in [7, 11) is -3.80. The zero-order valence-electron chi connectivity index (χ0n) is 18.2. The monoisotopic (exact) mass is 476 g/mol. The number of carbonyl (C=O) groups excluding carboxylic acids is 1. The molecule has 0 aliphatic carbocycles. The van der Waals surface area contributed by atoms with Crippen LogP contribution in [0.5, 0.6) is 0 Å². The van der Waals surface area contributed by atoms with Gasteiger partial charge in [0.2, 0.25) is 0 Å². The number of hydrogen-bond acceptors (Lipinski definition) is 5. The van der Waals surface area contributed by atoms with Gasteiger partial charge in [-0.05, 0) is 61.2 Å². The first-order chi connectivity index (χ1) is 15.3. The Morgan fingerprint density at radius 2 is 1.69 bits per heavy atom. The lowest BCUT2D eigenvalue weighted by molar-refractivity contribution is 0.0698. The summed E-state index contributed by atoms with van der Waals surface area (Å²) in [6, 6.07) is 11.2. The molecule has 2 aromatic rings. The molecular weight excluding hydrogens is 448 g/mol. The topological polar surface area (TPSA) is 81.8 Å². The molecule has 0 spiro atoms. The number of piperidine rings is 1. The van der Waals surface area contributed by atoms with E-state index in [-0.39, 0.29) is 10.8 Å². The maximum absolute atomic E-state index is 13.5. The van der Waals surface area contributed by atoms with E-state index in [1.54, 1.807) is 12.1 Å². The highest BCUT2D eigenvalue weighted by molar-refractivity contribution is 7.92. The first-order valence-corrected chi connectivity index (χ1v) is 12.9. The first kappa shape index (κ1) is 22.9. The van der Waals surface area contributed by atoms with Crippen LogP contribution in [-0.2, 0) is 10.0 Å². The molecule has 0 unspecified atom stereocenters. The number of halogens is 1. The predicted molar refractivity (Wildman–Crippen MR) is 128 cm³/mol. The molecule has 9 heteroatoms. The van der Waals surface area contributed by atoms with Crippen molar-refractivity contribution in [3.8, 4) is 0 Å². The van der Waals surface area contributed by atoms with Gasteiger partial charge in [-0.1, -0.05) is 18.5 Å². The number of nitrogens with zero attached hydrogens (tertiary/aromatic N) is 2. The van der Waals surface area contributed by atoms with Crippen LogP contribution in [0.15, 0.2) is 47.4 Å². The second-order valence-corrected chi connectivity index (χ2v) is 10.6. The Bertz CT molecular complexity index is 1060. The lowest BCUT2D eigenvalue weighted by Crippen LogP contribution is -2.45. The third-order valence-electron chi connectivity index (χ3n) is 6.13. The van der Waals surface area contributed by atoms with Crippen LogP contribution in [0.1, 0.15) is 30.1 Å². The molecule has 2 aliphatic heterocycles. The fourth-order valence-corrected chi connectivity index (χ4v) is 5.34. The van der Waals surface area contributed by atoms with Crippen LogP contribution in [0.3, 0.4) is 0 Å². The van der Waals surface area contributed by atoms with E-state index in [1.165, 1.54) is 24.3 Å². The normalized spacial score (nSPS) is 17.9. The molecule has 0 atom stereocenters. The third kappa shape index (κ3) is 5.19. The van der Waals surface area contributed by atoms with Crippen LogP contribution < -0.4 is 14.9 Å². The summed E-state index contributed by atoms with van der Waals surface area (Å²) in [6.45, 7) is 6.95. The highest BCUT2D eigenvalue weighted by atomic mass is 35.5. The second kappa shape index (κ2) is 9.68. The Morgan fingerprint density at radius 1 is 1.03 bits per heavy atom. The van der Waals surface area contributed by atoms with Crippen LogP contribution in [-0.4, -0.2) is 58.5 Å². The zero-order valence-corrected chi connectivity index (χ0v) is 19.8. The highest BCUT2D eigenvalue weighted by Gasteiger charge is 2.26. The van der Waals surface area contributed by atoms with Crippen molar-refractivity contribution in [2.45, 2.75) is 24.7 Å². The molecule has 7 nitrogen and oxygen atoms in total. The minimum Gasteiger partial charge on any atom is -0.368 e. The lowest BCUT2D eigenvalue weighted by atomic mass is 9.98. The SMILES string of the molecule is CC1CCN(C(=O)c2cc(NS(=O)(=O)c3ccc(Cl)cc3)ccc2N2CCNCC2)CC1. The van der Waals surface area contributed by atoms with Gasteiger partial charge in [-0.15, -0.1) is 0 Å². The Balaban J connectivity index is 1.64. The number of likely N-dealkylation sites (tertiary alicyclic amines) is 1. The van der Waals surface area contributed by atoms with E-state index < -0.39 is 10.0 Å². The van der Waals surface area contributed by atoms with Crippen molar-refractivity contribution >= 4 is 38.9 Å². The molecule has 2 aromatic carbocycles. The molecule has 2 saturated heterocycles. The largest absolute Gasteiger partial charge is 0.368 e. The maximum Gasteiger partial charge on any atom is 0.261 e. The number of hydrogen-bond donors (Lipinski definition) is 2. The van der Waals surface area contributed by atoms with Gasteiger partial charge < -0.3 is 15.1 Å². The molecular formula is C23H29ClN4O3S. The zero-order chi connectivity index (χ0) is 22.7. The molecule has 2 heterocycles. The van der Waals surface area contributed by atoms with Crippen LogP contribution in [0.2, 0.25) is 5.02 Å². The Morgan fingerprint density at radius 3 is 2.34 bits per heavy atom. The van der Waals surface area contributed by atoms with Crippen molar-refractivity contribution < 1.29 is 13.2 Å². The van der Waals surface area contributed by atoms with Crippen molar-refractivity contribution in [3.05, 3.63) is 53.1 Å². The van der Waals surface area contributed by atoms with E-state index in [4.69, 9.17) is 11.6 Å². The van der Waals surface area contributed by atoms with Crippen LogP contribution in [0, 0.1) is 5.92 Å². The molecule has 172 valence electrons. The van der Waals surface area contributed by atoms with Crippen molar-refractivity contribution in [1.82, 2.24) is 10.2 Å². The van der Waals surface area contributed by atoms with Gasteiger partial charge in [0.25, 0.3) is 15.9 Å². The van der Waals surface area contributed by atoms with Crippen molar-refractivity contribution in [3.63, 3.8) is 0 Å². The van der Waals surface area contributed by atoms with E-state index in [0.717, 1.165) is 57.8 Å². The number of nitrogens with one attached hydrogen (secondary N) is 2. The predicted octanol–water partition coefficient (Wildman–Crippen LogP) is 3.42. The van der Waals surface area contributed by atoms with Gasteiger partial charge >= 0.3 is 0 Å². The standard InChI is InChI=1S/C23H29ClN4O3S/c1-17-8-12-28(13-9-17)23(29)21-16-19(4-7-22(21)27-14-10-25-11-15-27)26-32(30,31)20-5-2-18(24)3-6-20/h2-7,16-17,25-26H,8-15H2,1H3. The van der Waals surface area contributed by atoms with Gasteiger partial charge in [0.1, 0.15) is 0 Å². The van der Waals surface area contributed by atoms with E-state index in [2.05, 4.69) is 21.9 Å². The summed E-state index contributed by atoms with van der Waals surface area (Å²) >= 11 is 5.89. The molecule has 0 radical (unpaired) electrons. The Labute approximate surface area is 194 Å². The summed E-state index contributed by atoms with van der Waals surface area (Å²) in [5.41, 5.74) is 1.76. The van der Waals surface area contributed by atoms with Crippen molar-refractivity contribution in [1.29, 1.82) is 0 Å². The van der Waals surface area contributed by atoms with Crippen LogP contribution >= 0.6 is 11.6 Å². The molecule has 0 saturated carbocycles. The average Bonchev–Trinajstić information content (AvgIpc) is 2.80. The summed E-state index contributed by atoms with van der Waals surface area (Å²) in [6.07, 6.45) is 1.97. The smallest absolute Gasteiger partial charge is 0.261 e. The fourth-order valence-electron chi connectivity index (χ4n) is 4.16. The van der Waals surface area contributed by atoms with Gasteiger partial charge in [0, 0.05) is 55.7 Å². The number of benzene rings is 2. The quantitative estimate of drug-likeness (QED) is 0.691. The molecule has 2 N–H and O–H groups in total. The molecule has 0 aromatic heterocycles. The van der Waals surface area contributed by atoms with Crippen LogP contribution in [0.4, 0.5) is 11.4 Å². The lowest BCUT2D eigenvalue weighted by Gasteiger charge is -2.34. The minimum atomic E-state index is -3.80. The Kier molecular flexibility index (Phi) is 6.93. The van der Waals surface area contributed by atoms with Gasteiger partial charge in [-0.25, -0.2) is 8.42 Å². The van der Waals surface area contributed by atoms with Crippen LogP contribution in [0.25, 0.3) is 0 Å². The Hall–Kier alpha value is -2.29. The molecule has 0 bridgehead atoms. The van der Waals surface area contributed by atoms with Crippen molar-refractivity contribution in [2.75, 3.05) is 48.9 Å². The number of piperazine rings is 1. The summed E-state index contributed by atoms with van der Waals surface area (Å²) in [5.74, 6) is 0.571. The fraction of sp³-hybridized carbons (Fsp3) is 0.435. The summed E-state index contributed by atoms with van der Waals surface area (Å²) in [5, 5.41) is 3.79. The second-order valence-electron chi connectivity index (χ2n) is 8.50. The molecule has 32 heavy (non-hydrogen) atoms. The molecule has 2 fully saturated rings. The van der Waals surface area contributed by atoms with E-state index in [1.807, 2.05) is 11.0 Å². The van der Waals surface area contributed by atoms with E-state index in [0.29, 0.717) is 22.2 Å². The van der Waals surface area contributed by atoms with E-state index in [9.17, 15) is 13.2 Å². The average molecular weight is 477 g/mol. The summed E-state index contributed by atoms with van der Waals surface area (Å²) < 4.78 is 28.3. The van der Waals surface area contributed by atoms with Gasteiger partial charge in [-0.2, -0.15) is 0 Å². The molecule has 4 rings (SSSR count). The maximum atomic E-state index is 13.5. The van der Waals surface area contributed by atoms with Gasteiger partial charge in [0.05, 0.1) is 10.5 Å². The number of anilines is 2. The third-order valence-corrected chi connectivity index (χ3v) is 7.78. The number of rotatable bonds is 5. The number of amides is 1. The summed E-state index contributed by atoms with van der Waals surface area (Å²) in [4.78, 5) is 17.7. The molecule has 2 aliphatic rings. The first-order valence-electron chi connectivity index (χ1n) is 11.0. The highest BCUT2D eigenvalue weighted by Crippen LogP contribution is 2.29. The van der Waals surface area contributed by atoms with Crippen molar-refractivity contribution in [2.24, 2.45) is 5.92 Å². The van der Waals surface area contributed by atoms with Gasteiger partial charge in [0.15, 0.2) is 0 Å². The number of carbonyl (C=O) groups is 1.